The molecule has 1 aromatic heterocycles. The summed E-state index contributed by atoms with van der Waals surface area (Å²) in [5.74, 6) is 2.21. The van der Waals surface area contributed by atoms with Crippen LogP contribution < -0.4 is 10.1 Å². The number of carbonyl (C=O) groups excluding carboxylic acids is 3. The Morgan fingerprint density at radius 1 is 0.978 bits per heavy atom. The molecule has 0 radical (unpaired) electrons. The molecular formula is C36H42ClN3O6. The number of methoxy groups -OCH3 is 1. The fraction of sp³-hybridized carbons (Fsp3) is 0.528. The Balaban J connectivity index is 1.15. The number of fused-ring (bicyclic) bond motifs is 1. The van der Waals surface area contributed by atoms with E-state index in [0.29, 0.717) is 29.0 Å². The molecule has 0 unspecified atom stereocenters. The number of alkyl carbamates (subject to hydrolysis) is 1. The molecule has 10 heteroatoms. The van der Waals surface area contributed by atoms with Crippen LogP contribution in [-0.4, -0.2) is 65.3 Å². The third kappa shape index (κ3) is 6.18. The molecule has 8 rings (SSSR count). The quantitative estimate of drug-likeness (QED) is 0.265. The summed E-state index contributed by atoms with van der Waals surface area (Å²) < 4.78 is 17.5. The third-order valence-electron chi connectivity index (χ3n) is 10.8. The summed E-state index contributed by atoms with van der Waals surface area (Å²) in [7, 11) is 1.34. The SMILES string of the molecule is COC(=O)C[C@H]1C[C@@H](Oc2ccc(Cl)cc2)CN1C(=O)[C@@](C)(Cc1c[nH]c2ccccc12)NC(=O)OC1C2CC3CC(C2)CC1C3. The van der Waals surface area contributed by atoms with Crippen molar-refractivity contribution in [2.75, 3.05) is 13.7 Å². The number of hydrogen-bond acceptors (Lipinski definition) is 6. The number of nitrogens with one attached hydrogen (secondary N) is 2. The van der Waals surface area contributed by atoms with Gasteiger partial charge >= 0.3 is 12.1 Å². The number of likely N-dealkylation sites (tertiary alicyclic amines) is 1. The molecule has 1 saturated heterocycles. The number of para-hydroxylation sites is 1. The molecule has 5 aliphatic rings. The molecule has 46 heavy (non-hydrogen) atoms. The van der Waals surface area contributed by atoms with Gasteiger partial charge in [0, 0.05) is 41.0 Å². The average Bonchev–Trinajstić information content (AvgIpc) is 3.62. The zero-order valence-corrected chi connectivity index (χ0v) is 27.1. The molecule has 2 N–H and O–H groups in total. The van der Waals surface area contributed by atoms with Crippen LogP contribution in [0, 0.1) is 23.7 Å². The predicted molar refractivity (Wildman–Crippen MR) is 173 cm³/mol. The van der Waals surface area contributed by atoms with Crippen molar-refractivity contribution >= 4 is 40.5 Å². The summed E-state index contributed by atoms with van der Waals surface area (Å²) in [6.45, 7) is 2.01. The molecule has 1 aliphatic heterocycles. The van der Waals surface area contributed by atoms with Gasteiger partial charge in [0.25, 0.3) is 0 Å². The molecule has 2 heterocycles. The first-order chi connectivity index (χ1) is 22.2. The zero-order chi connectivity index (χ0) is 32.0. The van der Waals surface area contributed by atoms with Gasteiger partial charge in [0.2, 0.25) is 5.91 Å². The minimum Gasteiger partial charge on any atom is -0.489 e. The fourth-order valence-corrected chi connectivity index (χ4v) is 9.10. The van der Waals surface area contributed by atoms with Crippen LogP contribution in [-0.2, 0) is 25.5 Å². The molecule has 4 aliphatic carbocycles. The van der Waals surface area contributed by atoms with Gasteiger partial charge in [-0.3, -0.25) is 9.59 Å². The van der Waals surface area contributed by atoms with Crippen molar-refractivity contribution in [3.8, 4) is 5.75 Å². The van der Waals surface area contributed by atoms with E-state index in [2.05, 4.69) is 10.3 Å². The van der Waals surface area contributed by atoms with Crippen molar-refractivity contribution in [3.63, 3.8) is 0 Å². The third-order valence-corrected chi connectivity index (χ3v) is 11.1. The molecule has 3 aromatic rings. The van der Waals surface area contributed by atoms with E-state index in [-0.39, 0.29) is 37.5 Å². The number of halogens is 1. The lowest BCUT2D eigenvalue weighted by Crippen LogP contribution is -2.61. The minimum atomic E-state index is -1.36. The van der Waals surface area contributed by atoms with Crippen LogP contribution in [0.2, 0.25) is 5.02 Å². The second kappa shape index (κ2) is 12.5. The normalized spacial score (nSPS) is 29.4. The van der Waals surface area contributed by atoms with Crippen LogP contribution in [0.5, 0.6) is 5.75 Å². The summed E-state index contributed by atoms with van der Waals surface area (Å²) in [5.41, 5.74) is 0.487. The van der Waals surface area contributed by atoms with Gasteiger partial charge in [-0.25, -0.2) is 4.79 Å². The van der Waals surface area contributed by atoms with Gasteiger partial charge in [-0.15, -0.1) is 0 Å². The number of hydrogen-bond donors (Lipinski definition) is 2. The van der Waals surface area contributed by atoms with Gasteiger partial charge in [0.1, 0.15) is 23.5 Å². The smallest absolute Gasteiger partial charge is 0.408 e. The van der Waals surface area contributed by atoms with Gasteiger partial charge in [0.05, 0.1) is 20.1 Å². The minimum absolute atomic E-state index is 0.0180. The second-order valence-corrected chi connectivity index (χ2v) is 14.6. The maximum atomic E-state index is 14.7. The summed E-state index contributed by atoms with van der Waals surface area (Å²) in [6, 6.07) is 14.5. The number of benzene rings is 2. The molecule has 5 fully saturated rings. The topological polar surface area (TPSA) is 110 Å². The number of amides is 2. The number of aromatic amines is 1. The first kappa shape index (κ1) is 30.9. The van der Waals surface area contributed by atoms with Gasteiger partial charge in [-0.1, -0.05) is 29.8 Å². The maximum absolute atomic E-state index is 14.7. The van der Waals surface area contributed by atoms with Crippen molar-refractivity contribution < 1.29 is 28.6 Å². The number of ether oxygens (including phenoxy) is 3. The highest BCUT2D eigenvalue weighted by atomic mass is 35.5. The van der Waals surface area contributed by atoms with E-state index in [1.54, 1.807) is 36.1 Å². The first-order valence-corrected chi connectivity index (χ1v) is 16.9. The van der Waals surface area contributed by atoms with Crippen molar-refractivity contribution in [1.29, 1.82) is 0 Å². The van der Waals surface area contributed by atoms with Crippen molar-refractivity contribution in [3.05, 3.63) is 65.3 Å². The average molecular weight is 648 g/mol. The predicted octanol–water partition coefficient (Wildman–Crippen LogP) is 6.29. The van der Waals surface area contributed by atoms with Crippen LogP contribution >= 0.6 is 11.6 Å². The van der Waals surface area contributed by atoms with Crippen LogP contribution in [0.4, 0.5) is 4.79 Å². The fourth-order valence-electron chi connectivity index (χ4n) is 8.98. The van der Waals surface area contributed by atoms with Gasteiger partial charge in [0.15, 0.2) is 0 Å². The van der Waals surface area contributed by atoms with Crippen LogP contribution in [0.25, 0.3) is 10.9 Å². The molecule has 2 amide bonds. The Kier molecular flexibility index (Phi) is 8.38. The highest BCUT2D eigenvalue weighted by Gasteiger charge is 2.51. The van der Waals surface area contributed by atoms with Crippen LogP contribution in [0.1, 0.15) is 57.4 Å². The van der Waals surface area contributed by atoms with Crippen molar-refractivity contribution in [1.82, 2.24) is 15.2 Å². The van der Waals surface area contributed by atoms with E-state index >= 15 is 0 Å². The van der Waals surface area contributed by atoms with Crippen molar-refractivity contribution in [2.45, 2.75) is 82.1 Å². The number of H-pyrrole nitrogens is 1. The van der Waals surface area contributed by atoms with Gasteiger partial charge < -0.3 is 29.4 Å². The Bertz CT molecular complexity index is 1580. The number of carbonyl (C=O) groups is 3. The summed E-state index contributed by atoms with van der Waals surface area (Å²) >= 11 is 6.07. The maximum Gasteiger partial charge on any atom is 0.408 e. The zero-order valence-electron chi connectivity index (χ0n) is 26.4. The molecule has 2 aromatic carbocycles. The van der Waals surface area contributed by atoms with Gasteiger partial charge in [-0.2, -0.15) is 0 Å². The van der Waals surface area contributed by atoms with E-state index < -0.39 is 23.6 Å². The number of rotatable bonds is 9. The summed E-state index contributed by atoms with van der Waals surface area (Å²) in [6.07, 6.45) is 7.33. The molecule has 244 valence electrons. The Hall–Kier alpha value is -3.72. The van der Waals surface area contributed by atoms with Crippen molar-refractivity contribution in [2.24, 2.45) is 23.7 Å². The van der Waals surface area contributed by atoms with Crippen LogP contribution in [0.3, 0.4) is 0 Å². The van der Waals surface area contributed by atoms with E-state index in [1.807, 2.05) is 30.5 Å². The van der Waals surface area contributed by atoms with E-state index in [1.165, 1.54) is 13.5 Å². The molecule has 9 nitrogen and oxygen atoms in total. The lowest BCUT2D eigenvalue weighted by Gasteiger charge is -2.53. The summed E-state index contributed by atoms with van der Waals surface area (Å²) in [5, 5.41) is 4.63. The number of esters is 1. The van der Waals surface area contributed by atoms with Gasteiger partial charge in [-0.05, 0) is 98.6 Å². The lowest BCUT2D eigenvalue weighted by molar-refractivity contribution is -0.144. The first-order valence-electron chi connectivity index (χ1n) is 16.5. The highest BCUT2D eigenvalue weighted by Crippen LogP contribution is 2.54. The molecule has 0 spiro atoms. The number of nitrogens with zero attached hydrogens (tertiary/aromatic N) is 1. The second-order valence-electron chi connectivity index (χ2n) is 14.1. The lowest BCUT2D eigenvalue weighted by atomic mass is 9.55. The van der Waals surface area contributed by atoms with E-state index in [9.17, 15) is 14.4 Å². The number of aromatic nitrogens is 1. The molecule has 3 atom stereocenters. The molecular weight excluding hydrogens is 606 g/mol. The highest BCUT2D eigenvalue weighted by molar-refractivity contribution is 6.30. The van der Waals surface area contributed by atoms with E-state index in [0.717, 1.165) is 54.0 Å². The molecule has 4 saturated carbocycles. The van der Waals surface area contributed by atoms with E-state index in [4.69, 9.17) is 25.8 Å². The summed E-state index contributed by atoms with van der Waals surface area (Å²) in [4.78, 5) is 46.0. The Morgan fingerprint density at radius 2 is 1.67 bits per heavy atom. The largest absolute Gasteiger partial charge is 0.489 e. The standard InChI is InChI=1S/C36H42ClN3O6/c1-36(18-25-19-38-31-6-4-3-5-30(25)31,39-35(43)46-33-23-12-21-11-22(14-23)15-24(33)13-21)34(42)40-20-29(16-27(40)17-32(41)44-2)45-28-9-7-26(37)8-10-28/h3-10,19,21-24,27,29,33,38H,11-18,20H2,1-2H3,(H,39,43)/t21?,22?,23?,24?,27-,29-,33?,36-/m1/s1. The Labute approximate surface area is 274 Å². The van der Waals surface area contributed by atoms with Crippen LogP contribution in [0.15, 0.2) is 54.7 Å². The molecule has 4 bridgehead atoms. The Morgan fingerprint density at radius 3 is 2.37 bits per heavy atom. The monoisotopic (exact) mass is 647 g/mol.